The lowest BCUT2D eigenvalue weighted by Crippen LogP contribution is -2.46. The predicted molar refractivity (Wildman–Crippen MR) is 87.0 cm³/mol. The maximum Gasteiger partial charge on any atom is 0.129 e. The van der Waals surface area contributed by atoms with Crippen LogP contribution in [0.5, 0.6) is 0 Å². The average molecular weight is 292 g/mol. The molecule has 1 aromatic carbocycles. The highest BCUT2D eigenvalue weighted by Crippen LogP contribution is 2.23. The molecule has 1 saturated heterocycles. The quantitative estimate of drug-likeness (QED) is 0.895. The minimum absolute atomic E-state index is 0.0659. The van der Waals surface area contributed by atoms with Crippen molar-refractivity contribution in [1.82, 2.24) is 10.2 Å². The topological polar surface area (TPSA) is 15.3 Å². The Morgan fingerprint density at radius 2 is 1.86 bits per heavy atom. The van der Waals surface area contributed by atoms with Crippen LogP contribution in [0.4, 0.5) is 4.39 Å². The van der Waals surface area contributed by atoms with E-state index in [-0.39, 0.29) is 11.2 Å². The summed E-state index contributed by atoms with van der Waals surface area (Å²) in [6, 6.07) is 4.49. The van der Waals surface area contributed by atoms with Crippen LogP contribution in [-0.2, 0) is 6.54 Å². The fourth-order valence-electron chi connectivity index (χ4n) is 3.10. The number of hydrogen-bond donors (Lipinski definition) is 1. The van der Waals surface area contributed by atoms with Gasteiger partial charge < -0.3 is 5.32 Å². The first kappa shape index (κ1) is 16.4. The predicted octanol–water partition coefficient (Wildman–Crippen LogP) is 3.65. The fourth-order valence-corrected chi connectivity index (χ4v) is 3.10. The highest BCUT2D eigenvalue weighted by Gasteiger charge is 2.28. The zero-order valence-electron chi connectivity index (χ0n) is 14.1. The number of halogens is 1. The van der Waals surface area contributed by atoms with Crippen LogP contribution >= 0.6 is 0 Å². The summed E-state index contributed by atoms with van der Waals surface area (Å²) in [4.78, 5) is 2.50. The molecule has 1 aliphatic rings. The first-order valence-electron chi connectivity index (χ1n) is 7.99. The van der Waals surface area contributed by atoms with Gasteiger partial charge in [0.05, 0.1) is 0 Å². The Kier molecular flexibility index (Phi) is 5.05. The van der Waals surface area contributed by atoms with Crippen LogP contribution < -0.4 is 5.32 Å². The van der Waals surface area contributed by atoms with E-state index in [0.29, 0.717) is 6.04 Å². The molecule has 1 atom stereocenters. The Morgan fingerprint density at radius 3 is 2.43 bits per heavy atom. The van der Waals surface area contributed by atoms with Gasteiger partial charge in [0.15, 0.2) is 0 Å². The van der Waals surface area contributed by atoms with Gasteiger partial charge in [-0.2, -0.15) is 0 Å². The van der Waals surface area contributed by atoms with Crippen molar-refractivity contribution in [2.24, 2.45) is 5.41 Å². The Bertz CT molecular complexity index is 467. The van der Waals surface area contributed by atoms with Crippen molar-refractivity contribution < 1.29 is 4.39 Å². The van der Waals surface area contributed by atoms with Gasteiger partial charge >= 0.3 is 0 Å². The zero-order valence-corrected chi connectivity index (χ0v) is 14.1. The largest absolute Gasteiger partial charge is 0.312 e. The lowest BCUT2D eigenvalue weighted by atomic mass is 9.86. The summed E-state index contributed by atoms with van der Waals surface area (Å²) in [6.45, 7) is 14.7. The van der Waals surface area contributed by atoms with Crippen molar-refractivity contribution >= 4 is 0 Å². The van der Waals surface area contributed by atoms with Crippen LogP contribution in [0.1, 0.15) is 43.9 Å². The van der Waals surface area contributed by atoms with Gasteiger partial charge in [-0.25, -0.2) is 4.39 Å². The van der Waals surface area contributed by atoms with E-state index in [4.69, 9.17) is 0 Å². The number of rotatable bonds is 2. The van der Waals surface area contributed by atoms with Crippen molar-refractivity contribution in [3.05, 3.63) is 34.6 Å². The molecule has 1 aromatic rings. The summed E-state index contributed by atoms with van der Waals surface area (Å²) in [5.41, 5.74) is 2.99. The molecule has 2 nitrogen and oxygen atoms in total. The summed E-state index contributed by atoms with van der Waals surface area (Å²) >= 11 is 0. The molecule has 3 heteroatoms. The molecule has 1 unspecified atom stereocenters. The van der Waals surface area contributed by atoms with Gasteiger partial charge in [-0.05, 0) is 55.5 Å². The third kappa shape index (κ3) is 4.27. The van der Waals surface area contributed by atoms with Crippen molar-refractivity contribution in [3.63, 3.8) is 0 Å². The molecule has 118 valence electrons. The molecule has 1 heterocycles. The molecule has 0 aliphatic carbocycles. The molecule has 1 fully saturated rings. The van der Waals surface area contributed by atoms with E-state index >= 15 is 0 Å². The van der Waals surface area contributed by atoms with Gasteiger partial charge in [0.1, 0.15) is 5.82 Å². The van der Waals surface area contributed by atoms with Crippen LogP contribution in [0, 0.1) is 25.1 Å². The second-order valence-corrected chi connectivity index (χ2v) is 7.51. The third-order valence-electron chi connectivity index (χ3n) is 4.43. The molecular formula is C18H29FN2. The average Bonchev–Trinajstić information content (AvgIpc) is 2.61. The van der Waals surface area contributed by atoms with Crippen molar-refractivity contribution in [3.8, 4) is 0 Å². The second-order valence-electron chi connectivity index (χ2n) is 7.51. The smallest absolute Gasteiger partial charge is 0.129 e. The number of hydrogen-bond acceptors (Lipinski definition) is 2. The van der Waals surface area contributed by atoms with E-state index in [9.17, 15) is 4.39 Å². The number of nitrogens with one attached hydrogen (secondary N) is 1. The molecule has 0 aromatic heterocycles. The third-order valence-corrected chi connectivity index (χ3v) is 4.43. The second kappa shape index (κ2) is 6.45. The van der Waals surface area contributed by atoms with Crippen molar-refractivity contribution in [1.29, 1.82) is 0 Å². The molecule has 2 rings (SSSR count). The van der Waals surface area contributed by atoms with Gasteiger partial charge in [-0.15, -0.1) is 0 Å². The summed E-state index contributed by atoms with van der Waals surface area (Å²) in [7, 11) is 0. The minimum atomic E-state index is -0.0659. The van der Waals surface area contributed by atoms with E-state index in [1.165, 1.54) is 12.0 Å². The highest BCUT2D eigenvalue weighted by atomic mass is 19.1. The van der Waals surface area contributed by atoms with Crippen LogP contribution in [0.2, 0.25) is 0 Å². The van der Waals surface area contributed by atoms with Gasteiger partial charge in [0, 0.05) is 19.1 Å². The van der Waals surface area contributed by atoms with Gasteiger partial charge in [-0.3, -0.25) is 4.90 Å². The molecule has 1 N–H and O–H groups in total. The maximum absolute atomic E-state index is 13.7. The van der Waals surface area contributed by atoms with Crippen LogP contribution in [-0.4, -0.2) is 30.6 Å². The zero-order chi connectivity index (χ0) is 15.6. The molecule has 0 spiro atoms. The Morgan fingerprint density at radius 1 is 1.24 bits per heavy atom. The van der Waals surface area contributed by atoms with Crippen molar-refractivity contribution in [2.75, 3.05) is 19.6 Å². The molecule has 21 heavy (non-hydrogen) atoms. The molecule has 1 aliphatic heterocycles. The monoisotopic (exact) mass is 292 g/mol. The van der Waals surface area contributed by atoms with Crippen LogP contribution in [0.25, 0.3) is 0 Å². The van der Waals surface area contributed by atoms with E-state index in [2.05, 4.69) is 31.0 Å². The van der Waals surface area contributed by atoms with E-state index in [1.54, 1.807) is 0 Å². The summed E-state index contributed by atoms with van der Waals surface area (Å²) in [5, 5.41) is 3.67. The van der Waals surface area contributed by atoms with E-state index < -0.39 is 0 Å². The summed E-state index contributed by atoms with van der Waals surface area (Å²) < 4.78 is 13.7. The molecule has 0 amide bonds. The van der Waals surface area contributed by atoms with E-state index in [0.717, 1.165) is 37.3 Å². The van der Waals surface area contributed by atoms with Gasteiger partial charge in [0.25, 0.3) is 0 Å². The normalized spacial score (nSPS) is 21.3. The lowest BCUT2D eigenvalue weighted by Gasteiger charge is -2.33. The Hall–Kier alpha value is -0.930. The van der Waals surface area contributed by atoms with Gasteiger partial charge in [0.2, 0.25) is 0 Å². The molecule has 0 saturated carbocycles. The Labute approximate surface area is 128 Å². The highest BCUT2D eigenvalue weighted by molar-refractivity contribution is 5.30. The molecule has 0 bridgehead atoms. The minimum Gasteiger partial charge on any atom is -0.312 e. The van der Waals surface area contributed by atoms with Crippen LogP contribution in [0.15, 0.2) is 12.1 Å². The van der Waals surface area contributed by atoms with Gasteiger partial charge in [-0.1, -0.05) is 32.9 Å². The van der Waals surface area contributed by atoms with Crippen LogP contribution in [0.3, 0.4) is 0 Å². The van der Waals surface area contributed by atoms with E-state index in [1.807, 2.05) is 26.0 Å². The standard InChI is InChI=1S/C18H29FN2/c1-13-9-15(10-14(2)17(13)19)11-21-8-6-7-20-16(12-21)18(3,4)5/h9-10,16,20H,6-8,11-12H2,1-5H3. The lowest BCUT2D eigenvalue weighted by molar-refractivity contribution is 0.192. The summed E-state index contributed by atoms with van der Waals surface area (Å²) in [5.74, 6) is -0.0659. The number of benzene rings is 1. The first-order valence-corrected chi connectivity index (χ1v) is 7.99. The number of nitrogens with zero attached hydrogens (tertiary/aromatic N) is 1. The fraction of sp³-hybridized carbons (Fsp3) is 0.667. The Balaban J connectivity index is 2.11. The number of aryl methyl sites for hydroxylation is 2. The summed E-state index contributed by atoms with van der Waals surface area (Å²) in [6.07, 6.45) is 1.17. The molecular weight excluding hydrogens is 263 g/mol. The van der Waals surface area contributed by atoms with Crippen molar-refractivity contribution in [2.45, 2.75) is 53.6 Å². The first-order chi connectivity index (χ1) is 9.77. The maximum atomic E-state index is 13.7. The SMILES string of the molecule is Cc1cc(CN2CCCNC(C(C)(C)C)C2)cc(C)c1F. The molecule has 0 radical (unpaired) electrons.